The molecule has 0 aliphatic rings. The molecule has 0 saturated heterocycles. The standard InChI is InChI=1S/C17H19N3O/c1-13-12-16(17(21)19(3)11-7-10-18)14(2)20(13)15-8-5-4-6-9-15/h4-6,8-9,12H,7,11H2,1-3H3. The van der Waals surface area contributed by atoms with Crippen LogP contribution in [-0.4, -0.2) is 29.0 Å². The number of hydrogen-bond donors (Lipinski definition) is 0. The minimum Gasteiger partial charge on any atom is -0.341 e. The summed E-state index contributed by atoms with van der Waals surface area (Å²) in [6, 6.07) is 13.9. The van der Waals surface area contributed by atoms with Gasteiger partial charge in [0.1, 0.15) is 0 Å². The summed E-state index contributed by atoms with van der Waals surface area (Å²) in [5.41, 5.74) is 3.69. The van der Waals surface area contributed by atoms with E-state index in [0.29, 0.717) is 18.5 Å². The van der Waals surface area contributed by atoms with Crippen molar-refractivity contribution in [1.82, 2.24) is 9.47 Å². The summed E-state index contributed by atoms with van der Waals surface area (Å²) in [4.78, 5) is 14.1. The molecule has 0 saturated carbocycles. The van der Waals surface area contributed by atoms with Crippen molar-refractivity contribution in [2.75, 3.05) is 13.6 Å². The van der Waals surface area contributed by atoms with Gasteiger partial charge in [0.25, 0.3) is 5.91 Å². The predicted molar refractivity (Wildman–Crippen MR) is 82.4 cm³/mol. The van der Waals surface area contributed by atoms with E-state index in [1.807, 2.05) is 50.2 Å². The summed E-state index contributed by atoms with van der Waals surface area (Å²) in [5.74, 6) is -0.0412. The van der Waals surface area contributed by atoms with Gasteiger partial charge in [0.05, 0.1) is 18.1 Å². The lowest BCUT2D eigenvalue weighted by atomic mass is 10.2. The van der Waals surface area contributed by atoms with E-state index in [4.69, 9.17) is 5.26 Å². The number of benzene rings is 1. The fourth-order valence-corrected chi connectivity index (χ4v) is 2.48. The zero-order valence-corrected chi connectivity index (χ0v) is 12.6. The average molecular weight is 281 g/mol. The van der Waals surface area contributed by atoms with Crippen LogP contribution < -0.4 is 0 Å². The van der Waals surface area contributed by atoms with Crippen LogP contribution in [0.4, 0.5) is 0 Å². The minimum absolute atomic E-state index is 0.0412. The smallest absolute Gasteiger partial charge is 0.255 e. The van der Waals surface area contributed by atoms with Crippen molar-refractivity contribution >= 4 is 5.91 Å². The van der Waals surface area contributed by atoms with Crippen molar-refractivity contribution < 1.29 is 4.79 Å². The van der Waals surface area contributed by atoms with Gasteiger partial charge in [-0.1, -0.05) is 18.2 Å². The van der Waals surface area contributed by atoms with Crippen LogP contribution in [-0.2, 0) is 0 Å². The van der Waals surface area contributed by atoms with Crippen LogP contribution in [0.25, 0.3) is 5.69 Å². The highest BCUT2D eigenvalue weighted by Gasteiger charge is 2.19. The average Bonchev–Trinajstić information content (AvgIpc) is 2.79. The van der Waals surface area contributed by atoms with E-state index in [9.17, 15) is 4.79 Å². The van der Waals surface area contributed by atoms with Crippen molar-refractivity contribution in [3.8, 4) is 11.8 Å². The van der Waals surface area contributed by atoms with Crippen molar-refractivity contribution in [2.24, 2.45) is 0 Å². The number of nitrogens with zero attached hydrogens (tertiary/aromatic N) is 3. The first-order valence-electron chi connectivity index (χ1n) is 6.93. The first-order valence-corrected chi connectivity index (χ1v) is 6.93. The third-order valence-electron chi connectivity index (χ3n) is 3.58. The highest BCUT2D eigenvalue weighted by molar-refractivity contribution is 5.95. The van der Waals surface area contributed by atoms with Gasteiger partial charge in [-0.2, -0.15) is 5.26 Å². The van der Waals surface area contributed by atoms with Crippen LogP contribution in [0, 0.1) is 25.2 Å². The Morgan fingerprint density at radius 1 is 1.29 bits per heavy atom. The molecular weight excluding hydrogens is 262 g/mol. The zero-order chi connectivity index (χ0) is 15.4. The lowest BCUT2D eigenvalue weighted by Crippen LogP contribution is -2.27. The van der Waals surface area contributed by atoms with Gasteiger partial charge in [-0.15, -0.1) is 0 Å². The fraction of sp³-hybridized carbons (Fsp3) is 0.294. The molecule has 0 N–H and O–H groups in total. The Kier molecular flexibility index (Phi) is 4.44. The Balaban J connectivity index is 2.36. The van der Waals surface area contributed by atoms with Crippen molar-refractivity contribution in [2.45, 2.75) is 20.3 Å². The van der Waals surface area contributed by atoms with E-state index in [1.54, 1.807) is 11.9 Å². The van der Waals surface area contributed by atoms with Gasteiger partial charge in [0.2, 0.25) is 0 Å². The summed E-state index contributed by atoms with van der Waals surface area (Å²) >= 11 is 0. The molecule has 4 heteroatoms. The fourth-order valence-electron chi connectivity index (χ4n) is 2.48. The number of rotatable bonds is 4. The van der Waals surface area contributed by atoms with Gasteiger partial charge >= 0.3 is 0 Å². The number of aromatic nitrogens is 1. The molecule has 108 valence electrons. The Morgan fingerprint density at radius 2 is 1.95 bits per heavy atom. The molecular formula is C17H19N3O. The Morgan fingerprint density at radius 3 is 2.57 bits per heavy atom. The second-order valence-electron chi connectivity index (χ2n) is 5.09. The number of carbonyl (C=O) groups excluding carboxylic acids is 1. The zero-order valence-electron chi connectivity index (χ0n) is 12.6. The molecule has 2 rings (SSSR count). The second-order valence-corrected chi connectivity index (χ2v) is 5.09. The van der Waals surface area contributed by atoms with Gasteiger partial charge in [-0.25, -0.2) is 0 Å². The Bertz CT molecular complexity index is 680. The minimum atomic E-state index is -0.0412. The Hall–Kier alpha value is -2.54. The predicted octanol–water partition coefficient (Wildman–Crippen LogP) is 3.08. The van der Waals surface area contributed by atoms with Gasteiger partial charge in [0, 0.05) is 30.7 Å². The number of carbonyl (C=O) groups is 1. The van der Waals surface area contributed by atoms with Crippen molar-refractivity contribution in [3.05, 3.63) is 53.3 Å². The highest BCUT2D eigenvalue weighted by Crippen LogP contribution is 2.21. The highest BCUT2D eigenvalue weighted by atomic mass is 16.2. The third-order valence-corrected chi connectivity index (χ3v) is 3.58. The van der Waals surface area contributed by atoms with Gasteiger partial charge in [-0.3, -0.25) is 4.79 Å². The van der Waals surface area contributed by atoms with Gasteiger partial charge in [-0.05, 0) is 32.0 Å². The third kappa shape index (κ3) is 2.97. The molecule has 4 nitrogen and oxygen atoms in total. The summed E-state index contributed by atoms with van der Waals surface area (Å²) in [6.45, 7) is 4.39. The molecule has 0 fully saturated rings. The molecule has 1 aromatic heterocycles. The topological polar surface area (TPSA) is 49.0 Å². The molecule has 1 amide bonds. The van der Waals surface area contributed by atoms with Crippen molar-refractivity contribution in [1.29, 1.82) is 5.26 Å². The molecule has 0 bridgehead atoms. The molecule has 0 atom stereocenters. The first-order chi connectivity index (χ1) is 10.1. The van der Waals surface area contributed by atoms with E-state index >= 15 is 0 Å². The maximum atomic E-state index is 12.5. The van der Waals surface area contributed by atoms with E-state index in [-0.39, 0.29) is 5.91 Å². The lowest BCUT2D eigenvalue weighted by Gasteiger charge is -2.15. The molecule has 21 heavy (non-hydrogen) atoms. The van der Waals surface area contributed by atoms with Crippen LogP contribution in [0.5, 0.6) is 0 Å². The van der Waals surface area contributed by atoms with E-state index in [1.165, 1.54) is 0 Å². The summed E-state index contributed by atoms with van der Waals surface area (Å²) in [5, 5.41) is 8.63. The van der Waals surface area contributed by atoms with Gasteiger partial charge in [0.15, 0.2) is 0 Å². The summed E-state index contributed by atoms with van der Waals surface area (Å²) in [6.07, 6.45) is 0.347. The van der Waals surface area contributed by atoms with E-state index in [2.05, 4.69) is 10.6 Å². The molecule has 0 unspecified atom stereocenters. The van der Waals surface area contributed by atoms with E-state index < -0.39 is 0 Å². The van der Waals surface area contributed by atoms with Crippen LogP contribution in [0.1, 0.15) is 28.2 Å². The molecule has 0 aliphatic carbocycles. The monoisotopic (exact) mass is 281 g/mol. The number of hydrogen-bond acceptors (Lipinski definition) is 2. The number of nitriles is 1. The summed E-state index contributed by atoms with van der Waals surface area (Å²) in [7, 11) is 1.73. The molecule has 0 spiro atoms. The normalized spacial score (nSPS) is 10.2. The lowest BCUT2D eigenvalue weighted by molar-refractivity contribution is 0.0797. The molecule has 0 aliphatic heterocycles. The number of para-hydroxylation sites is 1. The maximum absolute atomic E-state index is 12.5. The van der Waals surface area contributed by atoms with Crippen molar-refractivity contribution in [3.63, 3.8) is 0 Å². The maximum Gasteiger partial charge on any atom is 0.255 e. The largest absolute Gasteiger partial charge is 0.341 e. The Labute approximate surface area is 125 Å². The molecule has 2 aromatic rings. The van der Waals surface area contributed by atoms with Gasteiger partial charge < -0.3 is 9.47 Å². The molecule has 1 aromatic carbocycles. The second kappa shape index (κ2) is 6.27. The first kappa shape index (κ1) is 14.9. The molecule has 0 radical (unpaired) electrons. The van der Waals surface area contributed by atoms with E-state index in [0.717, 1.165) is 17.1 Å². The van der Waals surface area contributed by atoms with Crippen LogP contribution >= 0.6 is 0 Å². The SMILES string of the molecule is Cc1cc(C(=O)N(C)CCC#N)c(C)n1-c1ccccc1. The quantitative estimate of drug-likeness (QED) is 0.864. The van der Waals surface area contributed by atoms with Crippen LogP contribution in [0.15, 0.2) is 36.4 Å². The van der Waals surface area contributed by atoms with Crippen LogP contribution in [0.3, 0.4) is 0 Å². The number of amides is 1. The summed E-state index contributed by atoms with van der Waals surface area (Å²) < 4.78 is 2.07. The number of aryl methyl sites for hydroxylation is 1. The molecule has 1 heterocycles. The van der Waals surface area contributed by atoms with Crippen LogP contribution in [0.2, 0.25) is 0 Å².